The van der Waals surface area contributed by atoms with Gasteiger partial charge in [0.25, 0.3) is 5.91 Å². The molecule has 1 aromatic heterocycles. The van der Waals surface area contributed by atoms with Crippen LogP contribution >= 0.6 is 0 Å². The Hall–Kier alpha value is -1.43. The van der Waals surface area contributed by atoms with E-state index < -0.39 is 5.91 Å². The third kappa shape index (κ3) is 2.79. The van der Waals surface area contributed by atoms with Gasteiger partial charge in [-0.15, -0.1) is 5.10 Å². The Bertz CT molecular complexity index is 360. The molecule has 2 N–H and O–H groups in total. The van der Waals surface area contributed by atoms with Crippen molar-refractivity contribution in [1.29, 1.82) is 0 Å². The van der Waals surface area contributed by atoms with Crippen LogP contribution in [0.3, 0.4) is 0 Å². The van der Waals surface area contributed by atoms with Crippen molar-refractivity contribution < 1.29 is 9.53 Å². The number of hydrogen-bond acceptors (Lipinski definition) is 4. The molecule has 0 fully saturated rings. The summed E-state index contributed by atoms with van der Waals surface area (Å²) in [6, 6.07) is 0. The number of carbonyl (C=O) groups is 1. The fourth-order valence-corrected chi connectivity index (χ4v) is 1.53. The molecule has 0 saturated heterocycles. The molecule has 6 nitrogen and oxygen atoms in total. The zero-order valence-electron chi connectivity index (χ0n) is 9.93. The van der Waals surface area contributed by atoms with Gasteiger partial charge in [-0.25, -0.2) is 4.68 Å². The summed E-state index contributed by atoms with van der Waals surface area (Å²) in [5.74, 6) is -0.384. The Labute approximate surface area is 94.8 Å². The Balaban J connectivity index is 2.87. The lowest BCUT2D eigenvalue weighted by Crippen LogP contribution is -2.17. The predicted molar refractivity (Wildman–Crippen MR) is 59.1 cm³/mol. The van der Waals surface area contributed by atoms with Gasteiger partial charge in [-0.3, -0.25) is 4.79 Å². The van der Waals surface area contributed by atoms with E-state index in [9.17, 15) is 4.79 Å². The molecular formula is C10H18N4O2. The standard InChI is InChI=1S/C10H18N4O2/c1-4-16-6-5-14-9(7(2)3)8(10(11)15)12-13-14/h7H,4-6H2,1-3H3,(H2,11,15). The van der Waals surface area contributed by atoms with Crippen LogP contribution in [-0.4, -0.2) is 34.1 Å². The summed E-state index contributed by atoms with van der Waals surface area (Å²) < 4.78 is 6.92. The van der Waals surface area contributed by atoms with Crippen LogP contribution in [0.1, 0.15) is 42.9 Å². The van der Waals surface area contributed by atoms with E-state index in [0.29, 0.717) is 19.8 Å². The van der Waals surface area contributed by atoms with Crippen LogP contribution in [0.15, 0.2) is 0 Å². The summed E-state index contributed by atoms with van der Waals surface area (Å²) in [6.45, 7) is 7.68. The summed E-state index contributed by atoms with van der Waals surface area (Å²) in [7, 11) is 0. The molecule has 0 atom stereocenters. The van der Waals surface area contributed by atoms with E-state index in [0.717, 1.165) is 5.69 Å². The average Bonchev–Trinajstić information content (AvgIpc) is 2.62. The molecule has 0 aliphatic carbocycles. The van der Waals surface area contributed by atoms with Gasteiger partial charge in [0.15, 0.2) is 5.69 Å². The lowest BCUT2D eigenvalue weighted by Gasteiger charge is -2.09. The van der Waals surface area contributed by atoms with Crippen molar-refractivity contribution in [3.63, 3.8) is 0 Å². The van der Waals surface area contributed by atoms with Gasteiger partial charge in [-0.1, -0.05) is 19.1 Å². The summed E-state index contributed by atoms with van der Waals surface area (Å²) >= 11 is 0. The lowest BCUT2D eigenvalue weighted by atomic mass is 10.1. The van der Waals surface area contributed by atoms with Crippen molar-refractivity contribution in [3.05, 3.63) is 11.4 Å². The molecule has 0 aliphatic rings. The average molecular weight is 226 g/mol. The second-order valence-corrected chi connectivity index (χ2v) is 3.76. The highest BCUT2D eigenvalue weighted by atomic mass is 16.5. The van der Waals surface area contributed by atoms with Gasteiger partial charge in [0, 0.05) is 6.61 Å². The smallest absolute Gasteiger partial charge is 0.271 e. The summed E-state index contributed by atoms with van der Waals surface area (Å²) in [6.07, 6.45) is 0. The first-order valence-corrected chi connectivity index (χ1v) is 5.38. The number of nitrogens with two attached hydrogens (primary N) is 1. The Kier molecular flexibility index (Phi) is 4.42. The van der Waals surface area contributed by atoms with E-state index in [2.05, 4.69) is 10.3 Å². The number of hydrogen-bond donors (Lipinski definition) is 1. The van der Waals surface area contributed by atoms with E-state index in [4.69, 9.17) is 10.5 Å². The highest BCUT2D eigenvalue weighted by molar-refractivity contribution is 5.91. The maximum atomic E-state index is 11.1. The maximum absolute atomic E-state index is 11.1. The van der Waals surface area contributed by atoms with Crippen LogP contribution in [0.5, 0.6) is 0 Å². The molecule has 0 aromatic carbocycles. The molecule has 16 heavy (non-hydrogen) atoms. The second-order valence-electron chi connectivity index (χ2n) is 3.76. The van der Waals surface area contributed by atoms with E-state index in [1.807, 2.05) is 20.8 Å². The first-order chi connectivity index (χ1) is 7.57. The van der Waals surface area contributed by atoms with Gasteiger partial charge in [0.05, 0.1) is 18.8 Å². The monoisotopic (exact) mass is 226 g/mol. The number of amides is 1. The third-order valence-electron chi connectivity index (χ3n) is 2.21. The summed E-state index contributed by atoms with van der Waals surface area (Å²) in [5.41, 5.74) is 6.26. The van der Waals surface area contributed by atoms with E-state index in [1.54, 1.807) is 4.68 Å². The molecule has 1 rings (SSSR count). The number of primary amides is 1. The molecule has 90 valence electrons. The first-order valence-electron chi connectivity index (χ1n) is 5.38. The van der Waals surface area contributed by atoms with Crippen molar-refractivity contribution in [2.45, 2.75) is 33.2 Å². The minimum absolute atomic E-state index is 0.152. The summed E-state index contributed by atoms with van der Waals surface area (Å²) in [4.78, 5) is 11.1. The van der Waals surface area contributed by atoms with Gasteiger partial charge in [0.1, 0.15) is 0 Å². The van der Waals surface area contributed by atoms with Crippen molar-refractivity contribution in [3.8, 4) is 0 Å². The molecule has 0 bridgehead atoms. The predicted octanol–water partition coefficient (Wildman–Crippen LogP) is 0.537. The van der Waals surface area contributed by atoms with Crippen LogP contribution in [0.25, 0.3) is 0 Å². The molecule has 1 amide bonds. The van der Waals surface area contributed by atoms with E-state index in [-0.39, 0.29) is 11.6 Å². The van der Waals surface area contributed by atoms with Crippen molar-refractivity contribution in [2.24, 2.45) is 5.73 Å². The van der Waals surface area contributed by atoms with Gasteiger partial charge in [-0.2, -0.15) is 0 Å². The van der Waals surface area contributed by atoms with Gasteiger partial charge in [0.2, 0.25) is 0 Å². The van der Waals surface area contributed by atoms with E-state index >= 15 is 0 Å². The third-order valence-corrected chi connectivity index (χ3v) is 2.21. The molecule has 1 heterocycles. The fraction of sp³-hybridized carbons (Fsp3) is 0.700. The molecular weight excluding hydrogens is 208 g/mol. The van der Waals surface area contributed by atoms with E-state index in [1.165, 1.54) is 0 Å². The number of ether oxygens (including phenoxy) is 1. The summed E-state index contributed by atoms with van der Waals surface area (Å²) in [5, 5.41) is 7.71. The van der Waals surface area contributed by atoms with Crippen LogP contribution in [0.4, 0.5) is 0 Å². The van der Waals surface area contributed by atoms with Crippen LogP contribution in [-0.2, 0) is 11.3 Å². The normalized spacial score (nSPS) is 11.0. The zero-order chi connectivity index (χ0) is 12.1. The SMILES string of the molecule is CCOCCn1nnc(C(N)=O)c1C(C)C. The van der Waals surface area contributed by atoms with Gasteiger partial charge in [-0.05, 0) is 12.8 Å². The molecule has 0 unspecified atom stereocenters. The van der Waals surface area contributed by atoms with Gasteiger partial charge >= 0.3 is 0 Å². The molecule has 0 radical (unpaired) electrons. The highest BCUT2D eigenvalue weighted by Gasteiger charge is 2.19. The topological polar surface area (TPSA) is 83.0 Å². The Morgan fingerprint density at radius 2 is 2.25 bits per heavy atom. The minimum Gasteiger partial charge on any atom is -0.380 e. The fourth-order valence-electron chi connectivity index (χ4n) is 1.53. The molecule has 1 aromatic rings. The van der Waals surface area contributed by atoms with Crippen LogP contribution in [0.2, 0.25) is 0 Å². The number of aromatic nitrogens is 3. The second kappa shape index (κ2) is 5.60. The maximum Gasteiger partial charge on any atom is 0.271 e. The minimum atomic E-state index is -0.536. The van der Waals surface area contributed by atoms with Crippen LogP contribution in [0, 0.1) is 0 Å². The Morgan fingerprint density at radius 3 is 2.75 bits per heavy atom. The first kappa shape index (κ1) is 12.6. The van der Waals surface area contributed by atoms with Crippen molar-refractivity contribution >= 4 is 5.91 Å². The molecule has 0 aliphatic heterocycles. The van der Waals surface area contributed by atoms with Crippen molar-refractivity contribution in [1.82, 2.24) is 15.0 Å². The zero-order valence-corrected chi connectivity index (χ0v) is 9.93. The highest BCUT2D eigenvalue weighted by Crippen LogP contribution is 2.16. The Morgan fingerprint density at radius 1 is 1.56 bits per heavy atom. The largest absolute Gasteiger partial charge is 0.380 e. The number of rotatable bonds is 6. The number of nitrogens with zero attached hydrogens (tertiary/aromatic N) is 3. The van der Waals surface area contributed by atoms with Gasteiger partial charge < -0.3 is 10.5 Å². The number of carbonyl (C=O) groups excluding carboxylic acids is 1. The van der Waals surface area contributed by atoms with Crippen LogP contribution < -0.4 is 5.73 Å². The quantitative estimate of drug-likeness (QED) is 0.717. The molecule has 0 spiro atoms. The van der Waals surface area contributed by atoms with Crippen molar-refractivity contribution in [2.75, 3.05) is 13.2 Å². The molecule has 0 saturated carbocycles. The molecule has 6 heteroatoms. The lowest BCUT2D eigenvalue weighted by molar-refractivity contribution is 0.0994.